The van der Waals surface area contributed by atoms with Gasteiger partial charge in [-0.2, -0.15) is 0 Å². The van der Waals surface area contributed by atoms with Crippen molar-refractivity contribution in [2.75, 3.05) is 6.54 Å². The van der Waals surface area contributed by atoms with Crippen molar-refractivity contribution in [3.63, 3.8) is 0 Å². The highest BCUT2D eigenvalue weighted by Gasteiger charge is 2.35. The minimum Gasteiger partial charge on any atom is -0.297 e. The van der Waals surface area contributed by atoms with Gasteiger partial charge in [0.1, 0.15) is 0 Å². The van der Waals surface area contributed by atoms with E-state index in [1.54, 1.807) is 0 Å². The van der Waals surface area contributed by atoms with E-state index in [9.17, 15) is 0 Å². The van der Waals surface area contributed by atoms with Crippen LogP contribution in [-0.2, 0) is 0 Å². The summed E-state index contributed by atoms with van der Waals surface area (Å²) in [6.07, 6.45) is 17.7. The summed E-state index contributed by atoms with van der Waals surface area (Å²) >= 11 is 0. The lowest BCUT2D eigenvalue weighted by Gasteiger charge is -2.23. The lowest BCUT2D eigenvalue weighted by Crippen LogP contribution is -2.31. The highest BCUT2D eigenvalue weighted by molar-refractivity contribution is 4.91. The van der Waals surface area contributed by atoms with Crippen molar-refractivity contribution in [2.45, 2.75) is 82.7 Å². The number of unbranched alkanes of at least 4 members (excludes halogenated alkanes) is 5. The Balaban J connectivity index is 1.49. The molecule has 0 radical (unpaired) electrons. The monoisotopic (exact) mass is 235 g/mol. The van der Waals surface area contributed by atoms with E-state index in [1.165, 1.54) is 77.2 Å². The van der Waals surface area contributed by atoms with Gasteiger partial charge in [-0.3, -0.25) is 4.90 Å². The molecule has 17 heavy (non-hydrogen) atoms. The van der Waals surface area contributed by atoms with Gasteiger partial charge in [-0.1, -0.05) is 31.8 Å². The Labute approximate surface area is 107 Å². The van der Waals surface area contributed by atoms with Crippen molar-refractivity contribution >= 4 is 0 Å². The fourth-order valence-electron chi connectivity index (χ4n) is 3.71. The van der Waals surface area contributed by atoms with Crippen molar-refractivity contribution in [1.82, 2.24) is 4.90 Å². The molecule has 0 aliphatic carbocycles. The van der Waals surface area contributed by atoms with E-state index in [0.29, 0.717) is 0 Å². The number of allylic oxidation sites excluding steroid dienone is 1. The molecule has 2 fully saturated rings. The molecule has 2 atom stereocenters. The number of fused-ring (bicyclic) bond motifs is 1. The van der Waals surface area contributed by atoms with Crippen LogP contribution in [0.5, 0.6) is 0 Å². The normalized spacial score (nSPS) is 28.5. The summed E-state index contributed by atoms with van der Waals surface area (Å²) in [5, 5.41) is 0. The predicted molar refractivity (Wildman–Crippen MR) is 75.3 cm³/mol. The Bertz CT molecular complexity index is 224. The number of hydrogen-bond donors (Lipinski definition) is 0. The summed E-state index contributed by atoms with van der Waals surface area (Å²) < 4.78 is 0. The standard InChI is InChI=1S/C16H29N/c1-2-3-4-5-6-7-8-10-15-12-13-16-11-9-14-17(15)16/h2,15-16H,1,3-14H2. The fraction of sp³-hybridized carbons (Fsp3) is 0.875. The van der Waals surface area contributed by atoms with E-state index < -0.39 is 0 Å². The number of rotatable bonds is 8. The largest absolute Gasteiger partial charge is 0.297 e. The molecule has 0 aromatic heterocycles. The van der Waals surface area contributed by atoms with Crippen molar-refractivity contribution in [3.05, 3.63) is 12.7 Å². The summed E-state index contributed by atoms with van der Waals surface area (Å²) in [4.78, 5) is 2.82. The predicted octanol–water partition coefficient (Wildman–Crippen LogP) is 4.53. The summed E-state index contributed by atoms with van der Waals surface area (Å²) in [6, 6.07) is 1.93. The van der Waals surface area contributed by atoms with E-state index in [4.69, 9.17) is 0 Å². The molecule has 0 saturated carbocycles. The van der Waals surface area contributed by atoms with E-state index in [0.717, 1.165) is 12.1 Å². The molecule has 0 N–H and O–H groups in total. The van der Waals surface area contributed by atoms with Crippen molar-refractivity contribution in [3.8, 4) is 0 Å². The van der Waals surface area contributed by atoms with Crippen molar-refractivity contribution in [1.29, 1.82) is 0 Å². The minimum absolute atomic E-state index is 0.954. The first kappa shape index (κ1) is 13.1. The van der Waals surface area contributed by atoms with Gasteiger partial charge in [0.15, 0.2) is 0 Å². The molecule has 1 heteroatoms. The van der Waals surface area contributed by atoms with E-state index >= 15 is 0 Å². The summed E-state index contributed by atoms with van der Waals surface area (Å²) in [5.74, 6) is 0. The van der Waals surface area contributed by atoms with E-state index in [1.807, 2.05) is 6.08 Å². The minimum atomic E-state index is 0.954. The third-order valence-electron chi connectivity index (χ3n) is 4.67. The molecule has 2 rings (SSSR count). The average Bonchev–Trinajstić information content (AvgIpc) is 2.92. The number of nitrogens with zero attached hydrogens (tertiary/aromatic N) is 1. The zero-order valence-electron chi connectivity index (χ0n) is 11.4. The molecule has 0 amide bonds. The van der Waals surface area contributed by atoms with Crippen LogP contribution in [0.15, 0.2) is 12.7 Å². The van der Waals surface area contributed by atoms with Crippen LogP contribution < -0.4 is 0 Å². The molecule has 2 unspecified atom stereocenters. The number of hydrogen-bond acceptors (Lipinski definition) is 1. The lowest BCUT2D eigenvalue weighted by atomic mass is 10.0. The molecule has 98 valence electrons. The Morgan fingerprint density at radius 2 is 1.82 bits per heavy atom. The molecular weight excluding hydrogens is 206 g/mol. The molecule has 0 bridgehead atoms. The van der Waals surface area contributed by atoms with Gasteiger partial charge in [0.05, 0.1) is 0 Å². The van der Waals surface area contributed by atoms with Gasteiger partial charge >= 0.3 is 0 Å². The van der Waals surface area contributed by atoms with Gasteiger partial charge in [0, 0.05) is 12.1 Å². The molecule has 0 spiro atoms. The zero-order chi connectivity index (χ0) is 11.9. The van der Waals surface area contributed by atoms with Gasteiger partial charge in [0.2, 0.25) is 0 Å². The van der Waals surface area contributed by atoms with Crippen LogP contribution in [0.2, 0.25) is 0 Å². The molecule has 2 saturated heterocycles. The second-order valence-corrected chi connectivity index (χ2v) is 5.90. The van der Waals surface area contributed by atoms with Gasteiger partial charge < -0.3 is 0 Å². The summed E-state index contributed by atoms with van der Waals surface area (Å²) in [5.41, 5.74) is 0. The van der Waals surface area contributed by atoms with Gasteiger partial charge in [-0.25, -0.2) is 0 Å². The smallest absolute Gasteiger partial charge is 0.00992 e. The van der Waals surface area contributed by atoms with E-state index in [2.05, 4.69) is 11.5 Å². The Kier molecular flexibility index (Phi) is 5.57. The molecule has 0 aromatic carbocycles. The van der Waals surface area contributed by atoms with Gasteiger partial charge in [-0.05, 0) is 51.5 Å². The zero-order valence-corrected chi connectivity index (χ0v) is 11.4. The average molecular weight is 235 g/mol. The second kappa shape index (κ2) is 7.20. The Morgan fingerprint density at radius 1 is 1.00 bits per heavy atom. The van der Waals surface area contributed by atoms with Crippen molar-refractivity contribution in [2.24, 2.45) is 0 Å². The molecule has 1 nitrogen and oxygen atoms in total. The van der Waals surface area contributed by atoms with Crippen LogP contribution in [-0.4, -0.2) is 23.5 Å². The Morgan fingerprint density at radius 3 is 2.71 bits per heavy atom. The lowest BCUT2D eigenvalue weighted by molar-refractivity contribution is 0.231. The second-order valence-electron chi connectivity index (χ2n) is 5.90. The maximum absolute atomic E-state index is 3.77. The maximum Gasteiger partial charge on any atom is 0.00992 e. The van der Waals surface area contributed by atoms with Crippen LogP contribution in [0.25, 0.3) is 0 Å². The van der Waals surface area contributed by atoms with Crippen LogP contribution in [0, 0.1) is 0 Å². The van der Waals surface area contributed by atoms with Crippen LogP contribution in [0.3, 0.4) is 0 Å². The topological polar surface area (TPSA) is 3.24 Å². The Hall–Kier alpha value is -0.300. The van der Waals surface area contributed by atoms with Gasteiger partial charge in [-0.15, -0.1) is 6.58 Å². The molecule has 2 heterocycles. The van der Waals surface area contributed by atoms with Crippen LogP contribution in [0.1, 0.15) is 70.6 Å². The quantitative estimate of drug-likeness (QED) is 0.441. The van der Waals surface area contributed by atoms with E-state index in [-0.39, 0.29) is 0 Å². The highest BCUT2D eigenvalue weighted by atomic mass is 15.2. The summed E-state index contributed by atoms with van der Waals surface area (Å²) in [6.45, 7) is 5.17. The fourth-order valence-corrected chi connectivity index (χ4v) is 3.71. The third-order valence-corrected chi connectivity index (χ3v) is 4.67. The first-order chi connectivity index (χ1) is 8.42. The molecular formula is C16H29N. The van der Waals surface area contributed by atoms with Crippen LogP contribution in [0.4, 0.5) is 0 Å². The first-order valence-corrected chi connectivity index (χ1v) is 7.78. The maximum atomic E-state index is 3.77. The molecule has 2 aliphatic rings. The van der Waals surface area contributed by atoms with Crippen molar-refractivity contribution < 1.29 is 0 Å². The SMILES string of the molecule is C=CCCCCCCCC1CCC2CCCN12. The third kappa shape index (κ3) is 3.84. The summed E-state index contributed by atoms with van der Waals surface area (Å²) in [7, 11) is 0. The first-order valence-electron chi connectivity index (χ1n) is 7.78. The molecule has 0 aromatic rings. The van der Waals surface area contributed by atoms with Gasteiger partial charge in [0.25, 0.3) is 0 Å². The highest BCUT2D eigenvalue weighted by Crippen LogP contribution is 2.34. The molecule has 2 aliphatic heterocycles. The van der Waals surface area contributed by atoms with Crippen LogP contribution >= 0.6 is 0 Å².